The highest BCUT2D eigenvalue weighted by atomic mass is 16.5. The highest BCUT2D eigenvalue weighted by molar-refractivity contribution is 6.04. The van der Waals surface area contributed by atoms with Crippen LogP contribution < -0.4 is 20.1 Å². The van der Waals surface area contributed by atoms with Gasteiger partial charge in [0.25, 0.3) is 5.91 Å². The second-order valence-electron chi connectivity index (χ2n) is 5.21. The van der Waals surface area contributed by atoms with Crippen molar-refractivity contribution in [3.63, 3.8) is 0 Å². The Bertz CT molecular complexity index is 669. The molecular formula is C19H24N2O3. The standard InChI is InChI=1S/C19H24N2O3/c1-4-23-17-11-8-15(12-18(17)24-5-2)19(22)21-16-9-6-14(7-10-16)13-20-3/h6-12,20H,4-5,13H2,1-3H3,(H,21,22). The van der Waals surface area contributed by atoms with Crippen molar-refractivity contribution in [3.05, 3.63) is 53.6 Å². The Labute approximate surface area is 143 Å². The zero-order chi connectivity index (χ0) is 17.4. The molecule has 5 nitrogen and oxygen atoms in total. The number of nitrogens with one attached hydrogen (secondary N) is 2. The van der Waals surface area contributed by atoms with Crippen LogP contribution in [0.4, 0.5) is 5.69 Å². The van der Waals surface area contributed by atoms with Crippen LogP contribution >= 0.6 is 0 Å². The third-order valence-corrected chi connectivity index (χ3v) is 3.40. The number of rotatable bonds is 8. The Morgan fingerprint density at radius 3 is 2.25 bits per heavy atom. The number of hydrogen-bond acceptors (Lipinski definition) is 4. The molecule has 2 aromatic rings. The molecule has 0 heterocycles. The smallest absolute Gasteiger partial charge is 0.255 e. The van der Waals surface area contributed by atoms with Gasteiger partial charge in [-0.25, -0.2) is 0 Å². The largest absolute Gasteiger partial charge is 0.490 e. The van der Waals surface area contributed by atoms with Gasteiger partial charge in [-0.15, -0.1) is 0 Å². The molecule has 0 fully saturated rings. The molecule has 128 valence electrons. The van der Waals surface area contributed by atoms with Gasteiger partial charge in [0.15, 0.2) is 11.5 Å². The van der Waals surface area contributed by atoms with E-state index in [-0.39, 0.29) is 5.91 Å². The van der Waals surface area contributed by atoms with Crippen LogP contribution in [-0.4, -0.2) is 26.2 Å². The summed E-state index contributed by atoms with van der Waals surface area (Å²) in [6, 6.07) is 13.0. The number of carbonyl (C=O) groups is 1. The molecule has 0 unspecified atom stereocenters. The predicted octanol–water partition coefficient (Wildman–Crippen LogP) is 3.46. The predicted molar refractivity (Wildman–Crippen MR) is 95.9 cm³/mol. The summed E-state index contributed by atoms with van der Waals surface area (Å²) in [4.78, 5) is 12.4. The first kappa shape index (κ1) is 17.8. The molecule has 5 heteroatoms. The van der Waals surface area contributed by atoms with E-state index >= 15 is 0 Å². The minimum Gasteiger partial charge on any atom is -0.490 e. The average molecular weight is 328 g/mol. The summed E-state index contributed by atoms with van der Waals surface area (Å²) in [5.74, 6) is 1.05. The van der Waals surface area contributed by atoms with E-state index in [0.29, 0.717) is 30.3 Å². The van der Waals surface area contributed by atoms with Gasteiger partial charge in [-0.3, -0.25) is 4.79 Å². The lowest BCUT2D eigenvalue weighted by Gasteiger charge is -2.12. The van der Waals surface area contributed by atoms with Crippen molar-refractivity contribution in [2.45, 2.75) is 20.4 Å². The molecule has 0 bridgehead atoms. The van der Waals surface area contributed by atoms with Crippen LogP contribution in [0.5, 0.6) is 11.5 Å². The van der Waals surface area contributed by atoms with Gasteiger partial charge in [0.2, 0.25) is 0 Å². The first-order chi connectivity index (χ1) is 11.7. The number of hydrogen-bond donors (Lipinski definition) is 2. The van der Waals surface area contributed by atoms with E-state index in [9.17, 15) is 4.79 Å². The van der Waals surface area contributed by atoms with Crippen molar-refractivity contribution in [2.24, 2.45) is 0 Å². The van der Waals surface area contributed by atoms with Gasteiger partial charge in [0.05, 0.1) is 13.2 Å². The molecule has 1 amide bonds. The summed E-state index contributed by atoms with van der Waals surface area (Å²) in [5.41, 5.74) is 2.45. The van der Waals surface area contributed by atoms with Crippen LogP contribution in [0, 0.1) is 0 Å². The van der Waals surface area contributed by atoms with E-state index in [0.717, 1.165) is 17.8 Å². The second kappa shape index (κ2) is 8.93. The van der Waals surface area contributed by atoms with Crippen molar-refractivity contribution >= 4 is 11.6 Å². The molecule has 24 heavy (non-hydrogen) atoms. The Kier molecular flexibility index (Phi) is 6.63. The second-order valence-corrected chi connectivity index (χ2v) is 5.21. The lowest BCUT2D eigenvalue weighted by molar-refractivity contribution is 0.102. The topological polar surface area (TPSA) is 59.6 Å². The lowest BCUT2D eigenvalue weighted by atomic mass is 10.1. The molecule has 2 aromatic carbocycles. The molecule has 0 aromatic heterocycles. The van der Waals surface area contributed by atoms with Gasteiger partial charge in [-0.1, -0.05) is 12.1 Å². The summed E-state index contributed by atoms with van der Waals surface area (Å²) in [5, 5.41) is 5.98. The van der Waals surface area contributed by atoms with Crippen molar-refractivity contribution < 1.29 is 14.3 Å². The normalized spacial score (nSPS) is 10.3. The van der Waals surface area contributed by atoms with Crippen LogP contribution in [0.1, 0.15) is 29.8 Å². The molecule has 2 rings (SSSR count). The van der Waals surface area contributed by atoms with Gasteiger partial charge < -0.3 is 20.1 Å². The molecule has 0 aliphatic carbocycles. The van der Waals surface area contributed by atoms with E-state index in [4.69, 9.17) is 9.47 Å². The van der Waals surface area contributed by atoms with Crippen LogP contribution in [-0.2, 0) is 6.54 Å². The minimum absolute atomic E-state index is 0.180. The lowest BCUT2D eigenvalue weighted by Crippen LogP contribution is -2.12. The molecule has 0 spiro atoms. The molecule has 0 aliphatic heterocycles. The van der Waals surface area contributed by atoms with Crippen molar-refractivity contribution in [2.75, 3.05) is 25.6 Å². The van der Waals surface area contributed by atoms with Crippen LogP contribution in [0.25, 0.3) is 0 Å². The van der Waals surface area contributed by atoms with Crippen molar-refractivity contribution in [1.82, 2.24) is 5.32 Å². The van der Waals surface area contributed by atoms with Gasteiger partial charge in [-0.2, -0.15) is 0 Å². The monoisotopic (exact) mass is 328 g/mol. The Hall–Kier alpha value is -2.53. The molecule has 0 saturated carbocycles. The summed E-state index contributed by atoms with van der Waals surface area (Å²) in [7, 11) is 1.90. The first-order valence-corrected chi connectivity index (χ1v) is 8.12. The Balaban J connectivity index is 2.12. The fourth-order valence-corrected chi connectivity index (χ4v) is 2.31. The van der Waals surface area contributed by atoms with E-state index in [2.05, 4.69) is 10.6 Å². The third kappa shape index (κ3) is 4.73. The van der Waals surface area contributed by atoms with Crippen LogP contribution in [0.3, 0.4) is 0 Å². The van der Waals surface area contributed by atoms with E-state index in [1.54, 1.807) is 18.2 Å². The summed E-state index contributed by atoms with van der Waals surface area (Å²) in [6.45, 7) is 5.66. The van der Waals surface area contributed by atoms with E-state index < -0.39 is 0 Å². The number of anilines is 1. The van der Waals surface area contributed by atoms with Crippen molar-refractivity contribution in [1.29, 1.82) is 0 Å². The van der Waals surface area contributed by atoms with Gasteiger partial charge in [0.1, 0.15) is 0 Å². The maximum absolute atomic E-state index is 12.4. The van der Waals surface area contributed by atoms with Crippen LogP contribution in [0.2, 0.25) is 0 Å². The minimum atomic E-state index is -0.180. The fraction of sp³-hybridized carbons (Fsp3) is 0.316. The highest BCUT2D eigenvalue weighted by Gasteiger charge is 2.11. The number of amides is 1. The zero-order valence-electron chi connectivity index (χ0n) is 14.4. The third-order valence-electron chi connectivity index (χ3n) is 3.40. The van der Waals surface area contributed by atoms with Gasteiger partial charge in [0, 0.05) is 17.8 Å². The first-order valence-electron chi connectivity index (χ1n) is 8.12. The zero-order valence-corrected chi connectivity index (χ0v) is 14.4. The summed E-state index contributed by atoms with van der Waals surface area (Å²) < 4.78 is 11.1. The van der Waals surface area contributed by atoms with Crippen molar-refractivity contribution in [3.8, 4) is 11.5 Å². The molecule has 2 N–H and O–H groups in total. The number of benzene rings is 2. The molecule has 0 radical (unpaired) electrons. The van der Waals surface area contributed by atoms with Gasteiger partial charge in [-0.05, 0) is 56.8 Å². The summed E-state index contributed by atoms with van der Waals surface area (Å²) in [6.07, 6.45) is 0. The SMILES string of the molecule is CCOc1ccc(C(=O)Nc2ccc(CNC)cc2)cc1OCC. The quantitative estimate of drug-likeness (QED) is 0.779. The van der Waals surface area contributed by atoms with Gasteiger partial charge >= 0.3 is 0 Å². The molecular weight excluding hydrogens is 304 g/mol. The highest BCUT2D eigenvalue weighted by Crippen LogP contribution is 2.28. The molecule has 0 atom stereocenters. The molecule has 0 aliphatic rings. The maximum Gasteiger partial charge on any atom is 0.255 e. The molecule has 0 saturated heterocycles. The van der Waals surface area contributed by atoms with Crippen LogP contribution in [0.15, 0.2) is 42.5 Å². The Morgan fingerprint density at radius 2 is 1.62 bits per heavy atom. The average Bonchev–Trinajstić information content (AvgIpc) is 2.59. The number of ether oxygens (including phenoxy) is 2. The van der Waals surface area contributed by atoms with E-state index in [1.165, 1.54) is 0 Å². The number of carbonyl (C=O) groups excluding carboxylic acids is 1. The summed E-state index contributed by atoms with van der Waals surface area (Å²) >= 11 is 0. The maximum atomic E-state index is 12.4. The Morgan fingerprint density at radius 1 is 0.958 bits per heavy atom. The fourth-order valence-electron chi connectivity index (χ4n) is 2.31. The van der Waals surface area contributed by atoms with E-state index in [1.807, 2.05) is 45.2 Å².